The van der Waals surface area contributed by atoms with Crippen LogP contribution >= 0.6 is 0 Å². The predicted octanol–water partition coefficient (Wildman–Crippen LogP) is 2.19. The zero-order valence-electron chi connectivity index (χ0n) is 16.2. The molecule has 0 unspecified atom stereocenters. The molecule has 0 aromatic carbocycles. The highest BCUT2D eigenvalue weighted by Gasteiger charge is 2.19. The number of pyridine rings is 1. The van der Waals surface area contributed by atoms with E-state index in [1.54, 1.807) is 6.20 Å². The number of nitrogens with one attached hydrogen (secondary N) is 2. The standard InChI is InChI=1S/C20H33N5O/c1-24-13-9-17(10-14-24)23-19-7-6-16(15-22-19)20(26)21-11-8-18-5-3-4-12-25(18)2/h6-7,15,17-18H,3-5,8-14H2,1-2H3,(H,21,26)(H,22,23)/t18-/m0/s1. The van der Waals surface area contributed by atoms with Gasteiger partial charge in [-0.2, -0.15) is 0 Å². The quantitative estimate of drug-likeness (QED) is 0.815. The average Bonchev–Trinajstić information content (AvgIpc) is 2.66. The van der Waals surface area contributed by atoms with Crippen molar-refractivity contribution in [3.8, 4) is 0 Å². The summed E-state index contributed by atoms with van der Waals surface area (Å²) in [6.07, 6.45) is 8.81. The van der Waals surface area contributed by atoms with E-state index in [2.05, 4.69) is 39.5 Å². The van der Waals surface area contributed by atoms with Crippen LogP contribution in [0, 0.1) is 0 Å². The van der Waals surface area contributed by atoms with Gasteiger partial charge in [-0.05, 0) is 78.0 Å². The molecule has 0 spiro atoms. The summed E-state index contributed by atoms with van der Waals surface area (Å²) in [6, 6.07) is 4.86. The molecule has 0 saturated carbocycles. The first kappa shape index (κ1) is 19.1. The Bertz CT molecular complexity index is 568. The molecule has 1 atom stereocenters. The minimum absolute atomic E-state index is 0.0261. The molecule has 1 amide bonds. The van der Waals surface area contributed by atoms with E-state index in [-0.39, 0.29) is 5.91 Å². The summed E-state index contributed by atoms with van der Waals surface area (Å²) >= 11 is 0. The number of carbonyl (C=O) groups excluding carboxylic acids is 1. The molecule has 144 valence electrons. The molecule has 1 aromatic rings. The van der Waals surface area contributed by atoms with Crippen LogP contribution in [0.15, 0.2) is 18.3 Å². The van der Waals surface area contributed by atoms with Crippen LogP contribution < -0.4 is 10.6 Å². The van der Waals surface area contributed by atoms with Crippen molar-refractivity contribution in [3.63, 3.8) is 0 Å². The van der Waals surface area contributed by atoms with Crippen molar-refractivity contribution < 1.29 is 4.79 Å². The van der Waals surface area contributed by atoms with Crippen molar-refractivity contribution in [3.05, 3.63) is 23.9 Å². The van der Waals surface area contributed by atoms with E-state index in [0.29, 0.717) is 17.6 Å². The van der Waals surface area contributed by atoms with Crippen LogP contribution in [0.25, 0.3) is 0 Å². The SMILES string of the molecule is CN1CCC(Nc2ccc(C(=O)NCC[C@@H]3CCCCN3C)cn2)CC1. The third-order valence-corrected chi connectivity index (χ3v) is 5.78. The molecule has 1 aromatic heterocycles. The predicted molar refractivity (Wildman–Crippen MR) is 106 cm³/mol. The number of amides is 1. The first-order chi connectivity index (χ1) is 12.6. The van der Waals surface area contributed by atoms with Gasteiger partial charge in [0.25, 0.3) is 5.91 Å². The summed E-state index contributed by atoms with van der Waals surface area (Å²) in [6.45, 7) is 4.14. The molecule has 2 saturated heterocycles. The lowest BCUT2D eigenvalue weighted by Crippen LogP contribution is -2.39. The lowest BCUT2D eigenvalue weighted by molar-refractivity contribution is 0.0945. The Labute approximate surface area is 157 Å². The molecule has 3 rings (SSSR count). The van der Waals surface area contributed by atoms with Crippen LogP contribution in [0.4, 0.5) is 5.82 Å². The van der Waals surface area contributed by atoms with Crippen molar-refractivity contribution in [2.24, 2.45) is 0 Å². The summed E-state index contributed by atoms with van der Waals surface area (Å²) in [7, 11) is 4.35. The Morgan fingerprint density at radius 1 is 1.15 bits per heavy atom. The zero-order chi connectivity index (χ0) is 18.4. The van der Waals surface area contributed by atoms with Crippen LogP contribution in [-0.4, -0.2) is 73.0 Å². The molecule has 0 bridgehead atoms. The van der Waals surface area contributed by atoms with E-state index < -0.39 is 0 Å². The normalized spacial score (nSPS) is 22.9. The Hall–Kier alpha value is -1.66. The van der Waals surface area contributed by atoms with Crippen LogP contribution in [0.1, 0.15) is 48.9 Å². The Morgan fingerprint density at radius 2 is 1.96 bits per heavy atom. The fourth-order valence-corrected chi connectivity index (χ4v) is 3.94. The Morgan fingerprint density at radius 3 is 2.65 bits per heavy atom. The van der Waals surface area contributed by atoms with E-state index in [9.17, 15) is 4.79 Å². The summed E-state index contributed by atoms with van der Waals surface area (Å²) in [5.74, 6) is 0.835. The molecule has 2 aliphatic rings. The second-order valence-corrected chi connectivity index (χ2v) is 7.83. The minimum atomic E-state index is -0.0261. The molecule has 2 fully saturated rings. The Balaban J connectivity index is 1.41. The number of carbonyl (C=O) groups is 1. The number of anilines is 1. The molecule has 0 aliphatic carbocycles. The van der Waals surface area contributed by atoms with E-state index in [0.717, 1.165) is 44.7 Å². The van der Waals surface area contributed by atoms with Gasteiger partial charge in [0.15, 0.2) is 0 Å². The van der Waals surface area contributed by atoms with E-state index in [4.69, 9.17) is 0 Å². The highest BCUT2D eigenvalue weighted by molar-refractivity contribution is 5.94. The third kappa shape index (κ3) is 5.42. The van der Waals surface area contributed by atoms with Crippen LogP contribution in [0.5, 0.6) is 0 Å². The molecule has 2 N–H and O–H groups in total. The number of rotatable bonds is 6. The Kier molecular flexibility index (Phi) is 6.86. The average molecular weight is 360 g/mol. The molecular formula is C20H33N5O. The molecular weight excluding hydrogens is 326 g/mol. The molecule has 2 aliphatic heterocycles. The van der Waals surface area contributed by atoms with Gasteiger partial charge < -0.3 is 20.4 Å². The maximum Gasteiger partial charge on any atom is 0.252 e. The smallest absolute Gasteiger partial charge is 0.252 e. The van der Waals surface area contributed by atoms with Crippen molar-refractivity contribution in [1.82, 2.24) is 20.1 Å². The summed E-state index contributed by atoms with van der Waals surface area (Å²) in [5.41, 5.74) is 0.635. The zero-order valence-corrected chi connectivity index (χ0v) is 16.2. The largest absolute Gasteiger partial charge is 0.367 e. The third-order valence-electron chi connectivity index (χ3n) is 5.78. The van der Waals surface area contributed by atoms with Gasteiger partial charge in [0, 0.05) is 24.8 Å². The van der Waals surface area contributed by atoms with E-state index >= 15 is 0 Å². The van der Waals surface area contributed by atoms with Gasteiger partial charge >= 0.3 is 0 Å². The van der Waals surface area contributed by atoms with Gasteiger partial charge in [-0.3, -0.25) is 4.79 Å². The lowest BCUT2D eigenvalue weighted by atomic mass is 10.0. The maximum absolute atomic E-state index is 12.3. The summed E-state index contributed by atoms with van der Waals surface area (Å²) in [4.78, 5) is 21.5. The number of piperidine rings is 2. The van der Waals surface area contributed by atoms with Gasteiger partial charge in [0.2, 0.25) is 0 Å². The second kappa shape index (κ2) is 9.33. The number of hydrogen-bond acceptors (Lipinski definition) is 5. The maximum atomic E-state index is 12.3. The van der Waals surface area contributed by atoms with Crippen molar-refractivity contribution in [2.45, 2.75) is 50.6 Å². The number of nitrogens with zero attached hydrogens (tertiary/aromatic N) is 3. The van der Waals surface area contributed by atoms with Crippen LogP contribution in [0.3, 0.4) is 0 Å². The minimum Gasteiger partial charge on any atom is -0.367 e. The highest BCUT2D eigenvalue weighted by Crippen LogP contribution is 2.17. The number of likely N-dealkylation sites (tertiary alicyclic amines) is 2. The van der Waals surface area contributed by atoms with Gasteiger partial charge in [-0.25, -0.2) is 4.98 Å². The van der Waals surface area contributed by atoms with E-state index in [1.807, 2.05) is 12.1 Å². The molecule has 6 heteroatoms. The van der Waals surface area contributed by atoms with E-state index in [1.165, 1.54) is 25.8 Å². The number of aromatic nitrogens is 1. The topological polar surface area (TPSA) is 60.5 Å². The molecule has 26 heavy (non-hydrogen) atoms. The number of hydrogen-bond donors (Lipinski definition) is 2. The first-order valence-electron chi connectivity index (χ1n) is 10.0. The lowest BCUT2D eigenvalue weighted by Gasteiger charge is -2.32. The first-order valence-corrected chi connectivity index (χ1v) is 10.0. The van der Waals surface area contributed by atoms with Gasteiger partial charge in [-0.1, -0.05) is 6.42 Å². The van der Waals surface area contributed by atoms with Gasteiger partial charge in [-0.15, -0.1) is 0 Å². The van der Waals surface area contributed by atoms with Crippen molar-refractivity contribution in [1.29, 1.82) is 0 Å². The molecule has 0 radical (unpaired) electrons. The van der Waals surface area contributed by atoms with Crippen molar-refractivity contribution in [2.75, 3.05) is 45.6 Å². The summed E-state index contributed by atoms with van der Waals surface area (Å²) < 4.78 is 0. The van der Waals surface area contributed by atoms with Crippen molar-refractivity contribution >= 4 is 11.7 Å². The van der Waals surface area contributed by atoms with Crippen LogP contribution in [-0.2, 0) is 0 Å². The van der Waals surface area contributed by atoms with Gasteiger partial charge in [0.1, 0.15) is 5.82 Å². The monoisotopic (exact) mass is 359 g/mol. The van der Waals surface area contributed by atoms with Gasteiger partial charge in [0.05, 0.1) is 5.56 Å². The van der Waals surface area contributed by atoms with Crippen LogP contribution in [0.2, 0.25) is 0 Å². The highest BCUT2D eigenvalue weighted by atomic mass is 16.1. The summed E-state index contributed by atoms with van der Waals surface area (Å²) in [5, 5.41) is 6.52. The molecule has 3 heterocycles. The molecule has 6 nitrogen and oxygen atoms in total. The second-order valence-electron chi connectivity index (χ2n) is 7.83. The fraction of sp³-hybridized carbons (Fsp3) is 0.700. The fourth-order valence-electron chi connectivity index (χ4n) is 3.94.